The maximum atomic E-state index is 12.4. The van der Waals surface area contributed by atoms with Gasteiger partial charge in [-0.1, -0.05) is 23.7 Å². The predicted molar refractivity (Wildman–Crippen MR) is 98.8 cm³/mol. The molecule has 0 radical (unpaired) electrons. The minimum absolute atomic E-state index is 0.0773. The Morgan fingerprint density at radius 3 is 2.72 bits per heavy atom. The lowest BCUT2D eigenvalue weighted by atomic mass is 10.2. The zero-order chi connectivity index (χ0) is 17.8. The Kier molecular flexibility index (Phi) is 5.24. The third-order valence-electron chi connectivity index (χ3n) is 4.15. The number of benzene rings is 2. The minimum atomic E-state index is 0.0773. The topological polar surface area (TPSA) is 47.4 Å². The molecule has 0 spiro atoms. The summed E-state index contributed by atoms with van der Waals surface area (Å²) in [5.74, 6) is 0.886. The summed E-state index contributed by atoms with van der Waals surface area (Å²) in [5, 5.41) is 6.01. The standard InChI is InChI=1S/C19H20ClN3O2/c1-22(13-14-3-6-17(25-2)7-4-14)19(24)9-10-23-18-8-5-16(20)11-15(18)12-21-23/h3-8,11-12H,9-10,13H2,1-2H3. The number of halogens is 1. The number of hydrogen-bond acceptors (Lipinski definition) is 3. The van der Waals surface area contributed by atoms with Gasteiger partial charge in [0.15, 0.2) is 0 Å². The maximum Gasteiger partial charge on any atom is 0.224 e. The van der Waals surface area contributed by atoms with Crippen LogP contribution in [0, 0.1) is 0 Å². The van der Waals surface area contributed by atoms with E-state index in [1.165, 1.54) is 0 Å². The van der Waals surface area contributed by atoms with Crippen LogP contribution in [-0.4, -0.2) is 34.7 Å². The van der Waals surface area contributed by atoms with E-state index < -0.39 is 0 Å². The van der Waals surface area contributed by atoms with Crippen molar-refractivity contribution in [3.63, 3.8) is 0 Å². The fraction of sp³-hybridized carbons (Fsp3) is 0.263. The number of rotatable bonds is 6. The van der Waals surface area contributed by atoms with Crippen LogP contribution in [0.3, 0.4) is 0 Å². The first-order chi connectivity index (χ1) is 12.1. The van der Waals surface area contributed by atoms with Crippen LogP contribution in [0.4, 0.5) is 0 Å². The molecule has 0 aliphatic heterocycles. The SMILES string of the molecule is COc1ccc(CN(C)C(=O)CCn2ncc3cc(Cl)ccc32)cc1. The first-order valence-electron chi connectivity index (χ1n) is 8.05. The van der Waals surface area contributed by atoms with Crippen molar-refractivity contribution in [1.82, 2.24) is 14.7 Å². The van der Waals surface area contributed by atoms with Crippen molar-refractivity contribution in [3.8, 4) is 5.75 Å². The van der Waals surface area contributed by atoms with E-state index in [4.69, 9.17) is 16.3 Å². The molecule has 0 bridgehead atoms. The van der Waals surface area contributed by atoms with Gasteiger partial charge in [0, 0.05) is 30.4 Å². The quantitative estimate of drug-likeness (QED) is 0.675. The number of carbonyl (C=O) groups excluding carboxylic acids is 1. The van der Waals surface area contributed by atoms with Crippen molar-refractivity contribution in [2.75, 3.05) is 14.2 Å². The Morgan fingerprint density at radius 2 is 2.00 bits per heavy atom. The number of aromatic nitrogens is 2. The van der Waals surface area contributed by atoms with E-state index in [0.29, 0.717) is 24.5 Å². The summed E-state index contributed by atoms with van der Waals surface area (Å²) >= 11 is 5.99. The lowest BCUT2D eigenvalue weighted by Crippen LogP contribution is -2.27. The van der Waals surface area contributed by atoms with Gasteiger partial charge in [0.05, 0.1) is 25.4 Å². The molecule has 1 amide bonds. The third kappa shape index (κ3) is 4.12. The van der Waals surface area contributed by atoms with Gasteiger partial charge in [-0.3, -0.25) is 9.48 Å². The number of hydrogen-bond donors (Lipinski definition) is 0. The van der Waals surface area contributed by atoms with Crippen molar-refractivity contribution >= 4 is 28.4 Å². The molecule has 130 valence electrons. The van der Waals surface area contributed by atoms with Gasteiger partial charge >= 0.3 is 0 Å². The number of ether oxygens (including phenoxy) is 1. The molecule has 25 heavy (non-hydrogen) atoms. The number of aryl methyl sites for hydroxylation is 1. The summed E-state index contributed by atoms with van der Waals surface area (Å²) in [6.45, 7) is 1.11. The average Bonchev–Trinajstić information content (AvgIpc) is 3.02. The van der Waals surface area contributed by atoms with Gasteiger partial charge in [-0.05, 0) is 35.9 Å². The highest BCUT2D eigenvalue weighted by molar-refractivity contribution is 6.31. The molecule has 2 aromatic carbocycles. The number of carbonyl (C=O) groups is 1. The molecule has 0 N–H and O–H groups in total. The summed E-state index contributed by atoms with van der Waals surface area (Å²) in [7, 11) is 3.45. The van der Waals surface area contributed by atoms with Gasteiger partial charge in [0.2, 0.25) is 5.91 Å². The molecule has 3 rings (SSSR count). The second kappa shape index (κ2) is 7.57. The lowest BCUT2D eigenvalue weighted by molar-refractivity contribution is -0.130. The average molecular weight is 358 g/mol. The first-order valence-corrected chi connectivity index (χ1v) is 8.42. The van der Waals surface area contributed by atoms with E-state index in [2.05, 4.69) is 5.10 Å². The van der Waals surface area contributed by atoms with Crippen LogP contribution in [0.25, 0.3) is 10.9 Å². The van der Waals surface area contributed by atoms with Crippen molar-refractivity contribution in [2.24, 2.45) is 0 Å². The Hall–Kier alpha value is -2.53. The van der Waals surface area contributed by atoms with E-state index in [9.17, 15) is 4.79 Å². The third-order valence-corrected chi connectivity index (χ3v) is 4.38. The van der Waals surface area contributed by atoms with Gasteiger partial charge in [0.25, 0.3) is 0 Å². The molecule has 0 aliphatic rings. The number of methoxy groups -OCH3 is 1. The number of fused-ring (bicyclic) bond motifs is 1. The second-order valence-electron chi connectivity index (χ2n) is 5.92. The van der Waals surface area contributed by atoms with Gasteiger partial charge in [-0.2, -0.15) is 5.10 Å². The Balaban J connectivity index is 1.59. The van der Waals surface area contributed by atoms with Crippen LogP contribution in [0.2, 0.25) is 5.02 Å². The van der Waals surface area contributed by atoms with E-state index in [0.717, 1.165) is 22.2 Å². The zero-order valence-electron chi connectivity index (χ0n) is 14.3. The maximum absolute atomic E-state index is 12.4. The normalized spacial score (nSPS) is 10.8. The monoisotopic (exact) mass is 357 g/mol. The first kappa shape index (κ1) is 17.3. The molecule has 0 unspecified atom stereocenters. The van der Waals surface area contributed by atoms with E-state index in [1.54, 1.807) is 18.2 Å². The minimum Gasteiger partial charge on any atom is -0.497 e. The second-order valence-corrected chi connectivity index (χ2v) is 6.36. The summed E-state index contributed by atoms with van der Waals surface area (Å²) in [4.78, 5) is 14.1. The van der Waals surface area contributed by atoms with Crippen LogP contribution in [0.15, 0.2) is 48.7 Å². The molecule has 5 nitrogen and oxygen atoms in total. The number of nitrogens with zero attached hydrogens (tertiary/aromatic N) is 3. The summed E-state index contributed by atoms with van der Waals surface area (Å²) in [6, 6.07) is 13.4. The summed E-state index contributed by atoms with van der Waals surface area (Å²) in [6.07, 6.45) is 2.17. The molecule has 0 atom stereocenters. The smallest absolute Gasteiger partial charge is 0.224 e. The van der Waals surface area contributed by atoms with E-state index >= 15 is 0 Å². The summed E-state index contributed by atoms with van der Waals surface area (Å²) < 4.78 is 6.98. The number of amides is 1. The van der Waals surface area contributed by atoms with Crippen LogP contribution in [-0.2, 0) is 17.9 Å². The molecule has 0 saturated carbocycles. The molecule has 3 aromatic rings. The Labute approximate surface area is 151 Å². The van der Waals surface area contributed by atoms with Gasteiger partial charge < -0.3 is 9.64 Å². The molecule has 6 heteroatoms. The highest BCUT2D eigenvalue weighted by Gasteiger charge is 2.11. The van der Waals surface area contributed by atoms with E-state index in [-0.39, 0.29) is 5.91 Å². The molecular formula is C19H20ClN3O2. The zero-order valence-corrected chi connectivity index (χ0v) is 15.0. The molecule has 0 fully saturated rings. The Bertz CT molecular complexity index is 874. The highest BCUT2D eigenvalue weighted by Crippen LogP contribution is 2.19. The van der Waals surface area contributed by atoms with Crippen LogP contribution < -0.4 is 4.74 Å². The van der Waals surface area contributed by atoms with Crippen molar-refractivity contribution < 1.29 is 9.53 Å². The molecule has 0 aliphatic carbocycles. The predicted octanol–water partition coefficient (Wildman–Crippen LogP) is 3.75. The van der Waals surface area contributed by atoms with Crippen LogP contribution in [0.5, 0.6) is 5.75 Å². The van der Waals surface area contributed by atoms with Crippen LogP contribution >= 0.6 is 11.6 Å². The fourth-order valence-electron chi connectivity index (χ4n) is 2.72. The van der Waals surface area contributed by atoms with E-state index in [1.807, 2.05) is 54.2 Å². The van der Waals surface area contributed by atoms with Crippen molar-refractivity contribution in [1.29, 1.82) is 0 Å². The van der Waals surface area contributed by atoms with Crippen molar-refractivity contribution in [3.05, 3.63) is 59.2 Å². The molecule has 1 aromatic heterocycles. The Morgan fingerprint density at radius 1 is 1.24 bits per heavy atom. The lowest BCUT2D eigenvalue weighted by Gasteiger charge is -2.17. The largest absolute Gasteiger partial charge is 0.497 e. The molecule has 0 saturated heterocycles. The van der Waals surface area contributed by atoms with Crippen LogP contribution in [0.1, 0.15) is 12.0 Å². The van der Waals surface area contributed by atoms with Gasteiger partial charge in [-0.25, -0.2) is 0 Å². The highest BCUT2D eigenvalue weighted by atomic mass is 35.5. The molecular weight excluding hydrogens is 338 g/mol. The van der Waals surface area contributed by atoms with Crippen molar-refractivity contribution in [2.45, 2.75) is 19.5 Å². The summed E-state index contributed by atoms with van der Waals surface area (Å²) in [5.41, 5.74) is 2.05. The fourth-order valence-corrected chi connectivity index (χ4v) is 2.90. The molecule has 1 heterocycles. The van der Waals surface area contributed by atoms with Gasteiger partial charge in [0.1, 0.15) is 5.75 Å². The van der Waals surface area contributed by atoms with Gasteiger partial charge in [-0.15, -0.1) is 0 Å².